The van der Waals surface area contributed by atoms with Crippen LogP contribution >= 0.6 is 0 Å². The van der Waals surface area contributed by atoms with Gasteiger partial charge in [0.05, 0.1) is 19.9 Å². The Bertz CT molecular complexity index is 1310. The van der Waals surface area contributed by atoms with Crippen molar-refractivity contribution in [3.63, 3.8) is 0 Å². The number of nitrogens with zero attached hydrogens (tertiary/aromatic N) is 3. The number of methoxy groups -OCH3 is 1. The van der Waals surface area contributed by atoms with Crippen molar-refractivity contribution in [2.45, 2.75) is 25.7 Å². The Balaban J connectivity index is 0.00000400. The molecule has 1 heterocycles. The molecular weight excluding hydrogens is 525 g/mol. The fraction of sp³-hybridized carbons (Fsp3) is 0.267. The summed E-state index contributed by atoms with van der Waals surface area (Å²) in [5, 5.41) is 27.7. The molecule has 0 aliphatic carbocycles. The number of hydrogen-bond acceptors (Lipinski definition) is 6. The third-order valence-corrected chi connectivity index (χ3v) is 6.61. The van der Waals surface area contributed by atoms with Gasteiger partial charge in [0.1, 0.15) is 18.1 Å². The van der Waals surface area contributed by atoms with Crippen LogP contribution in [-0.2, 0) is 28.6 Å². The van der Waals surface area contributed by atoms with Crippen molar-refractivity contribution in [2.75, 3.05) is 31.8 Å². The molecule has 0 aromatic heterocycles. The normalized spacial score (nSPS) is 17.9. The van der Waals surface area contributed by atoms with E-state index in [1.54, 1.807) is 25.5 Å². The SMILES string of the molecule is CCN1\C(=C/C=N/N=C(\O)c2ccccc2)C(C)(Cc2ccccc2OCCO)c2cc(OC)ccc21.[Co]. The van der Waals surface area contributed by atoms with E-state index < -0.39 is 5.41 Å². The number of hydrogen-bond donors (Lipinski definition) is 2. The summed E-state index contributed by atoms with van der Waals surface area (Å²) in [7, 11) is 1.67. The Morgan fingerprint density at radius 3 is 2.50 bits per heavy atom. The molecule has 1 atom stereocenters. The second kappa shape index (κ2) is 13.3. The number of aliphatic hydroxyl groups excluding tert-OH is 2. The third-order valence-electron chi connectivity index (χ3n) is 6.61. The van der Waals surface area contributed by atoms with Gasteiger partial charge in [-0.05, 0) is 73.9 Å². The molecule has 0 spiro atoms. The van der Waals surface area contributed by atoms with Gasteiger partial charge in [-0.2, -0.15) is 5.10 Å². The summed E-state index contributed by atoms with van der Waals surface area (Å²) in [4.78, 5) is 2.26. The van der Waals surface area contributed by atoms with Gasteiger partial charge < -0.3 is 24.6 Å². The van der Waals surface area contributed by atoms with Gasteiger partial charge in [-0.1, -0.05) is 36.4 Å². The first-order valence-corrected chi connectivity index (χ1v) is 12.4. The fourth-order valence-electron chi connectivity index (χ4n) is 4.85. The molecule has 1 aliphatic rings. The molecule has 4 rings (SSSR count). The Hall–Kier alpha value is -3.59. The first-order chi connectivity index (χ1) is 18.0. The molecule has 0 amide bonds. The molecule has 0 saturated carbocycles. The van der Waals surface area contributed by atoms with Crippen LogP contribution in [-0.4, -0.2) is 49.2 Å². The van der Waals surface area contributed by atoms with Crippen molar-refractivity contribution in [1.82, 2.24) is 0 Å². The van der Waals surface area contributed by atoms with E-state index in [2.05, 4.69) is 47.1 Å². The van der Waals surface area contributed by atoms with Crippen LogP contribution < -0.4 is 14.4 Å². The van der Waals surface area contributed by atoms with Crippen molar-refractivity contribution in [2.24, 2.45) is 10.2 Å². The largest absolute Gasteiger partial charge is 0.497 e. The minimum absolute atomic E-state index is 0. The summed E-state index contributed by atoms with van der Waals surface area (Å²) in [6.07, 6.45) is 4.23. The van der Waals surface area contributed by atoms with Gasteiger partial charge in [0, 0.05) is 45.7 Å². The summed E-state index contributed by atoms with van der Waals surface area (Å²) in [6.45, 7) is 5.26. The summed E-state index contributed by atoms with van der Waals surface area (Å²) in [5.41, 5.74) is 4.50. The van der Waals surface area contributed by atoms with Crippen LogP contribution in [0.2, 0.25) is 0 Å². The number of fused-ring (bicyclic) bond motifs is 1. The van der Waals surface area contributed by atoms with E-state index in [0.717, 1.165) is 40.6 Å². The van der Waals surface area contributed by atoms with Crippen LogP contribution in [0.4, 0.5) is 5.69 Å². The molecule has 2 N–H and O–H groups in total. The first kappa shape index (κ1) is 29.0. The maximum atomic E-state index is 10.3. The number of allylic oxidation sites excluding steroid dienone is 2. The average molecular weight is 559 g/mol. The summed E-state index contributed by atoms with van der Waals surface area (Å²) < 4.78 is 11.4. The number of rotatable bonds is 10. The molecule has 3 aromatic carbocycles. The van der Waals surface area contributed by atoms with Crippen LogP contribution in [0, 0.1) is 0 Å². The standard InChI is InChI=1S/C30H33N3O4.Co/c1-4-33-26-15-14-24(36-3)20-25(26)30(2,21-23-12-8-9-13-27(23)37-19-18-34)28(33)16-17-31-32-29(35)22-10-6-5-7-11-22;/h5-17,20,34H,4,18-19,21H2,1-3H3,(H,32,35);/b28-16-,31-17+;. The Morgan fingerprint density at radius 1 is 1.05 bits per heavy atom. The second-order valence-corrected chi connectivity index (χ2v) is 8.92. The van der Waals surface area contributed by atoms with Gasteiger partial charge in [0.25, 0.3) is 0 Å². The molecule has 201 valence electrons. The van der Waals surface area contributed by atoms with Crippen LogP contribution in [0.25, 0.3) is 0 Å². The van der Waals surface area contributed by atoms with Gasteiger partial charge >= 0.3 is 0 Å². The molecule has 0 saturated heterocycles. The molecule has 0 bridgehead atoms. The predicted octanol–water partition coefficient (Wildman–Crippen LogP) is 5.28. The van der Waals surface area contributed by atoms with Crippen molar-refractivity contribution >= 4 is 17.8 Å². The predicted molar refractivity (Wildman–Crippen MR) is 148 cm³/mol. The van der Waals surface area contributed by atoms with Crippen LogP contribution in [0.15, 0.2) is 94.8 Å². The molecule has 3 aromatic rings. The first-order valence-electron chi connectivity index (χ1n) is 12.4. The molecule has 1 radical (unpaired) electrons. The van der Waals surface area contributed by atoms with Crippen molar-refractivity contribution < 1.29 is 36.5 Å². The monoisotopic (exact) mass is 558 g/mol. The molecule has 1 aliphatic heterocycles. The minimum Gasteiger partial charge on any atom is -0.497 e. The minimum atomic E-state index is -0.435. The van der Waals surface area contributed by atoms with E-state index in [-0.39, 0.29) is 35.9 Å². The van der Waals surface area contributed by atoms with E-state index in [9.17, 15) is 10.2 Å². The number of para-hydroxylation sites is 1. The van der Waals surface area contributed by atoms with Crippen molar-refractivity contribution in [1.29, 1.82) is 0 Å². The van der Waals surface area contributed by atoms with E-state index in [0.29, 0.717) is 12.0 Å². The van der Waals surface area contributed by atoms with Gasteiger partial charge in [-0.25, -0.2) is 0 Å². The number of benzene rings is 3. The van der Waals surface area contributed by atoms with E-state index >= 15 is 0 Å². The van der Waals surface area contributed by atoms with Crippen LogP contribution in [0.5, 0.6) is 11.5 Å². The quantitative estimate of drug-likeness (QED) is 0.201. The topological polar surface area (TPSA) is 86.9 Å². The third kappa shape index (κ3) is 6.10. The van der Waals surface area contributed by atoms with Gasteiger partial charge in [-0.15, -0.1) is 5.10 Å². The summed E-state index contributed by atoms with van der Waals surface area (Å²) in [6, 6.07) is 23.2. The van der Waals surface area contributed by atoms with Gasteiger partial charge in [-0.3, -0.25) is 0 Å². The van der Waals surface area contributed by atoms with E-state index in [4.69, 9.17) is 9.47 Å². The number of anilines is 1. The fourth-order valence-corrected chi connectivity index (χ4v) is 4.85. The zero-order valence-corrected chi connectivity index (χ0v) is 22.8. The van der Waals surface area contributed by atoms with Crippen LogP contribution in [0.3, 0.4) is 0 Å². The molecule has 0 fully saturated rings. The number of likely N-dealkylation sites (N-methyl/N-ethyl adjacent to an activating group) is 1. The molecular formula is C30H33CoN3O4. The van der Waals surface area contributed by atoms with E-state index in [1.807, 2.05) is 48.5 Å². The maximum Gasteiger partial charge on any atom is 0.238 e. The maximum absolute atomic E-state index is 10.3. The van der Waals surface area contributed by atoms with E-state index in [1.165, 1.54) is 0 Å². The Kier molecular flexibility index (Phi) is 10.1. The second-order valence-electron chi connectivity index (χ2n) is 8.92. The van der Waals surface area contributed by atoms with Gasteiger partial charge in [0.2, 0.25) is 5.90 Å². The molecule has 7 nitrogen and oxygen atoms in total. The van der Waals surface area contributed by atoms with Crippen molar-refractivity contribution in [3.05, 3.63) is 101 Å². The summed E-state index contributed by atoms with van der Waals surface area (Å²) >= 11 is 0. The molecule has 8 heteroatoms. The Labute approximate surface area is 234 Å². The van der Waals surface area contributed by atoms with Crippen LogP contribution in [0.1, 0.15) is 30.5 Å². The molecule has 1 unspecified atom stereocenters. The zero-order valence-electron chi connectivity index (χ0n) is 21.8. The number of aliphatic hydroxyl groups is 2. The summed E-state index contributed by atoms with van der Waals surface area (Å²) in [5.74, 6) is 1.40. The number of ether oxygens (including phenoxy) is 2. The zero-order chi connectivity index (χ0) is 26.3. The van der Waals surface area contributed by atoms with Crippen molar-refractivity contribution in [3.8, 4) is 11.5 Å². The molecule has 38 heavy (non-hydrogen) atoms. The Morgan fingerprint density at radius 2 is 1.79 bits per heavy atom. The van der Waals surface area contributed by atoms with Gasteiger partial charge in [0.15, 0.2) is 0 Å². The average Bonchev–Trinajstić information content (AvgIpc) is 3.17. The smallest absolute Gasteiger partial charge is 0.238 e.